The van der Waals surface area contributed by atoms with Gasteiger partial charge in [0.2, 0.25) is 0 Å². The molecule has 12 heteroatoms. The Kier molecular flexibility index (Phi) is 8.09. The molecule has 40 heavy (non-hydrogen) atoms. The summed E-state index contributed by atoms with van der Waals surface area (Å²) in [5.41, 5.74) is -0.229. The molecule has 1 aliphatic rings. The number of carboxylic acid groups (broad SMARTS) is 1. The van der Waals surface area contributed by atoms with Crippen LogP contribution in [-0.4, -0.2) is 30.9 Å². The minimum atomic E-state index is -4.32. The summed E-state index contributed by atoms with van der Waals surface area (Å²) in [6, 6.07) is 9.77. The predicted molar refractivity (Wildman–Crippen MR) is 146 cm³/mol. The molecule has 0 aliphatic heterocycles. The van der Waals surface area contributed by atoms with Gasteiger partial charge in [-0.15, -0.1) is 0 Å². The first-order valence-electron chi connectivity index (χ1n) is 12.3. The molecular weight excluding hydrogens is 566 g/mol. The number of anilines is 1. The van der Waals surface area contributed by atoms with E-state index in [1.807, 2.05) is 0 Å². The number of benzene rings is 3. The maximum Gasteiger partial charge on any atom is 0.307 e. The highest BCUT2D eigenvalue weighted by Crippen LogP contribution is 2.42. The largest absolute Gasteiger partial charge is 0.481 e. The Morgan fingerprint density at radius 3 is 2.33 bits per heavy atom. The summed E-state index contributed by atoms with van der Waals surface area (Å²) in [6.07, 6.45) is 1.25. The van der Waals surface area contributed by atoms with Gasteiger partial charge in [0.05, 0.1) is 17.1 Å². The van der Waals surface area contributed by atoms with Crippen LogP contribution in [-0.2, 0) is 21.2 Å². The fraction of sp³-hybridized carbons (Fsp3) is 0.286. The van der Waals surface area contributed by atoms with Crippen molar-refractivity contribution in [2.75, 3.05) is 4.72 Å². The predicted octanol–water partition coefficient (Wildman–Crippen LogP) is 6.24. The molecule has 0 bridgehead atoms. The van der Waals surface area contributed by atoms with Crippen molar-refractivity contribution in [1.29, 1.82) is 0 Å². The fourth-order valence-corrected chi connectivity index (χ4v) is 5.54. The lowest BCUT2D eigenvalue weighted by Crippen LogP contribution is -2.40. The van der Waals surface area contributed by atoms with Crippen LogP contribution in [0.3, 0.4) is 0 Å². The van der Waals surface area contributed by atoms with Gasteiger partial charge in [-0.2, -0.15) is 0 Å². The van der Waals surface area contributed by atoms with Crippen molar-refractivity contribution in [2.24, 2.45) is 0 Å². The second-order valence-electron chi connectivity index (χ2n) is 10.5. The van der Waals surface area contributed by atoms with Gasteiger partial charge in [0.25, 0.3) is 15.9 Å². The first-order chi connectivity index (χ1) is 18.6. The Hall–Kier alpha value is -3.70. The van der Waals surface area contributed by atoms with Gasteiger partial charge >= 0.3 is 5.97 Å². The van der Waals surface area contributed by atoms with Crippen LogP contribution in [0.1, 0.15) is 61.0 Å². The number of ether oxygens (including phenoxy) is 1. The average molecular weight is 593 g/mol. The summed E-state index contributed by atoms with van der Waals surface area (Å²) in [7, 11) is -4.32. The van der Waals surface area contributed by atoms with Crippen LogP contribution in [0.5, 0.6) is 11.5 Å². The van der Waals surface area contributed by atoms with E-state index in [1.54, 1.807) is 32.9 Å². The van der Waals surface area contributed by atoms with Crippen LogP contribution in [0.4, 0.5) is 14.5 Å². The summed E-state index contributed by atoms with van der Waals surface area (Å²) in [4.78, 5) is 23.5. The fourth-order valence-electron chi connectivity index (χ4n) is 3.92. The zero-order valence-corrected chi connectivity index (χ0v) is 23.4. The molecule has 8 nitrogen and oxygen atoms in total. The van der Waals surface area contributed by atoms with Crippen LogP contribution >= 0.6 is 11.6 Å². The van der Waals surface area contributed by atoms with E-state index in [0.717, 1.165) is 18.4 Å². The van der Waals surface area contributed by atoms with Crippen LogP contribution in [0.2, 0.25) is 5.02 Å². The second-order valence-corrected chi connectivity index (χ2v) is 12.6. The van der Waals surface area contributed by atoms with Gasteiger partial charge in [0.15, 0.2) is 17.3 Å². The van der Waals surface area contributed by atoms with Gasteiger partial charge in [0, 0.05) is 22.7 Å². The molecule has 212 valence electrons. The molecule has 1 fully saturated rings. The molecule has 0 spiro atoms. The topological polar surface area (TPSA) is 122 Å². The maximum absolute atomic E-state index is 14.8. The number of rotatable bonds is 9. The summed E-state index contributed by atoms with van der Waals surface area (Å²) in [5, 5.41) is 11.7. The third-order valence-electron chi connectivity index (χ3n) is 5.93. The van der Waals surface area contributed by atoms with E-state index in [2.05, 4.69) is 10.0 Å². The molecule has 0 radical (unpaired) electrons. The summed E-state index contributed by atoms with van der Waals surface area (Å²) in [6.45, 7) is 5.31. The Balaban J connectivity index is 1.72. The number of aliphatic carboxylic acids is 1. The molecule has 1 amide bonds. The molecule has 0 saturated heterocycles. The molecule has 1 saturated carbocycles. The highest BCUT2D eigenvalue weighted by molar-refractivity contribution is 7.92. The first-order valence-corrected chi connectivity index (χ1v) is 14.2. The van der Waals surface area contributed by atoms with E-state index >= 15 is 0 Å². The quantitative estimate of drug-likeness (QED) is 0.270. The minimum Gasteiger partial charge on any atom is -0.481 e. The van der Waals surface area contributed by atoms with E-state index in [-0.39, 0.29) is 26.9 Å². The Labute approximate surface area is 235 Å². The van der Waals surface area contributed by atoms with Crippen molar-refractivity contribution in [2.45, 2.75) is 56.4 Å². The van der Waals surface area contributed by atoms with Crippen molar-refractivity contribution in [3.63, 3.8) is 0 Å². The molecule has 3 N–H and O–H groups in total. The molecule has 0 heterocycles. The zero-order valence-electron chi connectivity index (χ0n) is 21.8. The van der Waals surface area contributed by atoms with Gasteiger partial charge in [-0.05, 0) is 81.5 Å². The normalized spacial score (nSPS) is 13.6. The van der Waals surface area contributed by atoms with Gasteiger partial charge in [-0.3, -0.25) is 14.3 Å². The van der Waals surface area contributed by atoms with Crippen LogP contribution in [0.15, 0.2) is 53.4 Å². The lowest BCUT2D eigenvalue weighted by atomic mass is 10.1. The van der Waals surface area contributed by atoms with Crippen molar-refractivity contribution in [1.82, 2.24) is 5.32 Å². The highest BCUT2D eigenvalue weighted by atomic mass is 35.5. The monoisotopic (exact) mass is 592 g/mol. The van der Waals surface area contributed by atoms with Gasteiger partial charge in [0.1, 0.15) is 10.7 Å². The molecule has 0 atom stereocenters. The SMILES string of the molecule is CC(C)(C)NC(=O)c1ccc(Oc2cc(F)c(CC(=O)O)cc2F)c(NS(=O)(=O)c2ccc(C3CC3)cc2Cl)c1. The minimum absolute atomic E-state index is 0.00290. The van der Waals surface area contributed by atoms with Crippen LogP contribution in [0.25, 0.3) is 0 Å². The third kappa shape index (κ3) is 7.08. The molecule has 4 rings (SSSR count). The number of carbonyl (C=O) groups is 2. The lowest BCUT2D eigenvalue weighted by molar-refractivity contribution is -0.136. The van der Waals surface area contributed by atoms with E-state index < -0.39 is 56.8 Å². The Morgan fingerprint density at radius 1 is 1.02 bits per heavy atom. The molecule has 0 aromatic heterocycles. The smallest absolute Gasteiger partial charge is 0.307 e. The summed E-state index contributed by atoms with van der Waals surface area (Å²) >= 11 is 6.32. The summed E-state index contributed by atoms with van der Waals surface area (Å²) in [5.74, 6) is -4.48. The standard InChI is InChI=1S/C28H27ClF2N2O6S/c1-28(2,3)32-27(36)17-6-8-23(39-24-14-20(30)18(11-21(24)31)13-26(34)35)22(12-17)33-40(37,38)25-9-7-16(10-19(25)29)15-4-5-15/h6-12,14-15,33H,4-5,13H2,1-3H3,(H,32,36)(H,34,35). The molecule has 0 unspecified atom stereocenters. The van der Waals surface area contributed by atoms with Crippen molar-refractivity contribution in [3.8, 4) is 11.5 Å². The van der Waals surface area contributed by atoms with E-state index in [1.165, 1.54) is 24.3 Å². The number of amides is 1. The Bertz CT molecular complexity index is 1600. The highest BCUT2D eigenvalue weighted by Gasteiger charge is 2.27. The lowest BCUT2D eigenvalue weighted by Gasteiger charge is -2.21. The van der Waals surface area contributed by atoms with Crippen molar-refractivity contribution in [3.05, 3.63) is 81.9 Å². The number of nitrogens with one attached hydrogen (secondary N) is 2. The van der Waals surface area contributed by atoms with Crippen molar-refractivity contribution < 1.29 is 36.6 Å². The number of sulfonamides is 1. The van der Waals surface area contributed by atoms with E-state index in [9.17, 15) is 26.8 Å². The summed E-state index contributed by atoms with van der Waals surface area (Å²) < 4.78 is 63.8. The van der Waals surface area contributed by atoms with Gasteiger partial charge in [-0.1, -0.05) is 17.7 Å². The Morgan fingerprint density at radius 2 is 1.73 bits per heavy atom. The zero-order chi connectivity index (χ0) is 29.4. The first kappa shape index (κ1) is 29.3. The second kappa shape index (κ2) is 11.1. The molecular formula is C28H27ClF2N2O6S. The van der Waals surface area contributed by atoms with Gasteiger partial charge < -0.3 is 15.2 Å². The number of hydrogen-bond donors (Lipinski definition) is 3. The average Bonchev–Trinajstić information content (AvgIpc) is 3.67. The van der Waals surface area contributed by atoms with Crippen molar-refractivity contribution >= 4 is 39.2 Å². The molecule has 1 aliphatic carbocycles. The van der Waals surface area contributed by atoms with E-state index in [4.69, 9.17) is 21.4 Å². The number of carboxylic acids is 1. The van der Waals surface area contributed by atoms with E-state index in [0.29, 0.717) is 18.1 Å². The number of hydrogen-bond acceptors (Lipinski definition) is 5. The third-order valence-corrected chi connectivity index (χ3v) is 7.78. The van der Waals surface area contributed by atoms with Crippen LogP contribution < -0.4 is 14.8 Å². The number of halogens is 3. The number of carbonyl (C=O) groups excluding carboxylic acids is 1. The molecule has 3 aromatic rings. The molecule has 3 aromatic carbocycles. The van der Waals surface area contributed by atoms with Gasteiger partial charge in [-0.25, -0.2) is 17.2 Å². The maximum atomic E-state index is 14.8. The van der Waals surface area contributed by atoms with Crippen LogP contribution in [0, 0.1) is 11.6 Å².